The first-order valence-corrected chi connectivity index (χ1v) is 10.3. The molecule has 3 rings (SSSR count). The molecule has 0 unspecified atom stereocenters. The van der Waals surface area contributed by atoms with Crippen LogP contribution in [-0.2, 0) is 4.79 Å². The van der Waals surface area contributed by atoms with Crippen molar-refractivity contribution < 1.29 is 14.6 Å². The number of nitrogens with two attached hydrogens (primary N) is 1. The molecule has 144 valence electrons. The van der Waals surface area contributed by atoms with E-state index < -0.39 is 0 Å². The number of esters is 1. The molecule has 0 bridgehead atoms. The van der Waals surface area contributed by atoms with E-state index in [1.807, 2.05) is 0 Å². The Kier molecular flexibility index (Phi) is 6.10. The van der Waals surface area contributed by atoms with E-state index in [0.29, 0.717) is 11.3 Å². The Bertz CT molecular complexity index is 603. The molecular formula is C22H33NO3. The molecule has 1 aromatic carbocycles. The lowest BCUT2D eigenvalue weighted by Crippen LogP contribution is -2.30. The van der Waals surface area contributed by atoms with Crippen LogP contribution in [0.15, 0.2) is 12.1 Å². The molecule has 1 aromatic rings. The smallest absolute Gasteiger partial charge is 0.314 e. The summed E-state index contributed by atoms with van der Waals surface area (Å²) in [7, 11) is 0. The number of aryl methyl sites for hydroxylation is 1. The Hall–Kier alpha value is -1.71. The number of carbonyl (C=O) groups excluding carboxylic acids is 1. The van der Waals surface area contributed by atoms with Crippen LogP contribution in [0.2, 0.25) is 0 Å². The van der Waals surface area contributed by atoms with Gasteiger partial charge in [0.15, 0.2) is 0 Å². The molecule has 0 aromatic heterocycles. The van der Waals surface area contributed by atoms with E-state index in [-0.39, 0.29) is 23.3 Å². The first kappa shape index (κ1) is 19.1. The second-order valence-corrected chi connectivity index (χ2v) is 8.40. The van der Waals surface area contributed by atoms with Crippen LogP contribution >= 0.6 is 0 Å². The van der Waals surface area contributed by atoms with Crippen molar-refractivity contribution >= 4 is 11.7 Å². The van der Waals surface area contributed by atoms with Gasteiger partial charge in [0, 0.05) is 6.07 Å². The van der Waals surface area contributed by atoms with Crippen molar-refractivity contribution in [3.05, 3.63) is 17.7 Å². The molecule has 0 heterocycles. The highest BCUT2D eigenvalue weighted by Crippen LogP contribution is 2.42. The molecule has 2 aliphatic carbocycles. The number of phenols is 1. The number of benzene rings is 1. The van der Waals surface area contributed by atoms with Gasteiger partial charge in [0.1, 0.15) is 11.5 Å². The number of nitrogen functional groups attached to an aromatic ring is 1. The van der Waals surface area contributed by atoms with Crippen LogP contribution in [0.3, 0.4) is 0 Å². The van der Waals surface area contributed by atoms with Gasteiger partial charge in [-0.1, -0.05) is 26.2 Å². The van der Waals surface area contributed by atoms with Crippen LogP contribution in [0.1, 0.15) is 70.3 Å². The molecule has 0 amide bonds. The van der Waals surface area contributed by atoms with Gasteiger partial charge in [-0.15, -0.1) is 0 Å². The molecule has 0 radical (unpaired) electrons. The minimum Gasteiger partial charge on any atom is -0.506 e. The average Bonchev–Trinajstić information content (AvgIpc) is 2.66. The van der Waals surface area contributed by atoms with Gasteiger partial charge in [0.25, 0.3) is 0 Å². The highest BCUT2D eigenvalue weighted by atomic mass is 16.5. The maximum absolute atomic E-state index is 12.5. The minimum atomic E-state index is -0.150. The molecule has 0 atom stereocenters. The zero-order valence-electron chi connectivity index (χ0n) is 16.2. The standard InChI is InChI=1S/C22H33NO3/c1-3-15-4-6-16(7-5-15)17-8-10-18(11-9-17)22(25)26-19-12-14(2)21(24)20(23)13-19/h12-13,15-18,24H,3-11,23H2,1-2H3. The Balaban J connectivity index is 1.49. The van der Waals surface area contributed by atoms with Gasteiger partial charge >= 0.3 is 5.97 Å². The largest absolute Gasteiger partial charge is 0.506 e. The van der Waals surface area contributed by atoms with E-state index in [1.54, 1.807) is 13.0 Å². The molecule has 0 spiro atoms. The maximum Gasteiger partial charge on any atom is 0.314 e. The number of hydrogen-bond donors (Lipinski definition) is 2. The monoisotopic (exact) mass is 359 g/mol. The number of phenolic OH excluding ortho intramolecular Hbond substituents is 1. The molecule has 4 nitrogen and oxygen atoms in total. The lowest BCUT2D eigenvalue weighted by atomic mass is 9.69. The van der Waals surface area contributed by atoms with Crippen molar-refractivity contribution in [2.45, 2.75) is 71.6 Å². The van der Waals surface area contributed by atoms with Crippen LogP contribution in [0.5, 0.6) is 11.5 Å². The maximum atomic E-state index is 12.5. The van der Waals surface area contributed by atoms with E-state index in [0.717, 1.165) is 43.4 Å². The predicted molar refractivity (Wildman–Crippen MR) is 104 cm³/mol. The zero-order chi connectivity index (χ0) is 18.7. The Morgan fingerprint density at radius 1 is 1.08 bits per heavy atom. The Labute approximate surface area is 157 Å². The fourth-order valence-electron chi connectivity index (χ4n) is 4.93. The third-order valence-electron chi connectivity index (χ3n) is 6.76. The minimum absolute atomic E-state index is 0.00596. The summed E-state index contributed by atoms with van der Waals surface area (Å²) < 4.78 is 5.55. The van der Waals surface area contributed by atoms with Crippen LogP contribution < -0.4 is 10.5 Å². The lowest BCUT2D eigenvalue weighted by Gasteiger charge is -2.37. The van der Waals surface area contributed by atoms with Gasteiger partial charge in [-0.2, -0.15) is 0 Å². The molecule has 0 saturated heterocycles. The first-order valence-electron chi connectivity index (χ1n) is 10.3. The van der Waals surface area contributed by atoms with E-state index in [4.69, 9.17) is 10.5 Å². The van der Waals surface area contributed by atoms with Crippen LogP contribution in [-0.4, -0.2) is 11.1 Å². The lowest BCUT2D eigenvalue weighted by molar-refractivity contribution is -0.140. The second kappa shape index (κ2) is 8.32. The van der Waals surface area contributed by atoms with Crippen molar-refractivity contribution in [2.24, 2.45) is 23.7 Å². The average molecular weight is 360 g/mol. The highest BCUT2D eigenvalue weighted by molar-refractivity contribution is 5.76. The summed E-state index contributed by atoms with van der Waals surface area (Å²) in [5.74, 6) is 2.94. The summed E-state index contributed by atoms with van der Waals surface area (Å²) in [6.07, 6.45) is 11.0. The number of carbonyl (C=O) groups is 1. The fraction of sp³-hybridized carbons (Fsp3) is 0.682. The number of hydrogen-bond acceptors (Lipinski definition) is 4. The molecule has 4 heteroatoms. The highest BCUT2D eigenvalue weighted by Gasteiger charge is 2.33. The van der Waals surface area contributed by atoms with Crippen molar-refractivity contribution in [1.82, 2.24) is 0 Å². The van der Waals surface area contributed by atoms with Gasteiger partial charge in [0.2, 0.25) is 0 Å². The summed E-state index contributed by atoms with van der Waals surface area (Å²) in [6.45, 7) is 4.06. The van der Waals surface area contributed by atoms with Crippen LogP contribution in [0, 0.1) is 30.6 Å². The normalized spacial score (nSPS) is 29.3. The Morgan fingerprint density at radius 3 is 2.19 bits per heavy atom. The third-order valence-corrected chi connectivity index (χ3v) is 6.76. The molecule has 2 fully saturated rings. The van der Waals surface area contributed by atoms with Gasteiger partial charge in [-0.05, 0) is 74.8 Å². The SMILES string of the molecule is CCC1CCC(C2CCC(C(=O)Oc3cc(C)c(O)c(N)c3)CC2)CC1. The van der Waals surface area contributed by atoms with E-state index >= 15 is 0 Å². The summed E-state index contributed by atoms with van der Waals surface area (Å²) in [6, 6.07) is 3.19. The van der Waals surface area contributed by atoms with Crippen molar-refractivity contribution in [3.8, 4) is 11.5 Å². The van der Waals surface area contributed by atoms with Crippen molar-refractivity contribution in [2.75, 3.05) is 5.73 Å². The summed E-state index contributed by atoms with van der Waals surface area (Å²) in [4.78, 5) is 12.5. The number of anilines is 1. The number of rotatable bonds is 4. The van der Waals surface area contributed by atoms with E-state index in [9.17, 15) is 9.90 Å². The van der Waals surface area contributed by atoms with Crippen LogP contribution in [0.4, 0.5) is 5.69 Å². The summed E-state index contributed by atoms with van der Waals surface area (Å²) in [5.41, 5.74) is 6.63. The third kappa shape index (κ3) is 4.33. The predicted octanol–water partition coefficient (Wildman–Crippen LogP) is 5.21. The van der Waals surface area contributed by atoms with Gasteiger partial charge in [0.05, 0.1) is 11.6 Å². The van der Waals surface area contributed by atoms with Gasteiger partial charge < -0.3 is 15.6 Å². The van der Waals surface area contributed by atoms with Gasteiger partial charge in [-0.3, -0.25) is 4.79 Å². The summed E-state index contributed by atoms with van der Waals surface area (Å²) >= 11 is 0. The van der Waals surface area contributed by atoms with E-state index in [2.05, 4.69) is 6.92 Å². The van der Waals surface area contributed by atoms with Crippen molar-refractivity contribution in [3.63, 3.8) is 0 Å². The molecule has 3 N–H and O–H groups in total. The summed E-state index contributed by atoms with van der Waals surface area (Å²) in [5, 5.41) is 9.73. The first-order chi connectivity index (χ1) is 12.5. The van der Waals surface area contributed by atoms with E-state index in [1.165, 1.54) is 38.2 Å². The Morgan fingerprint density at radius 2 is 1.65 bits per heavy atom. The number of ether oxygens (including phenoxy) is 1. The quantitative estimate of drug-likeness (QED) is 0.335. The molecule has 0 aliphatic heterocycles. The number of aromatic hydroxyl groups is 1. The van der Waals surface area contributed by atoms with Gasteiger partial charge in [-0.25, -0.2) is 0 Å². The van der Waals surface area contributed by atoms with Crippen molar-refractivity contribution in [1.29, 1.82) is 0 Å². The molecule has 26 heavy (non-hydrogen) atoms. The fourth-order valence-corrected chi connectivity index (χ4v) is 4.93. The zero-order valence-corrected chi connectivity index (χ0v) is 16.2. The molecular weight excluding hydrogens is 326 g/mol. The molecule has 2 aliphatic rings. The molecule has 2 saturated carbocycles. The van der Waals surface area contributed by atoms with Crippen LogP contribution in [0.25, 0.3) is 0 Å². The second-order valence-electron chi connectivity index (χ2n) is 8.40. The topological polar surface area (TPSA) is 72.5 Å².